The molecule has 37 heavy (non-hydrogen) atoms. The molecule has 4 rings (SSSR count). The Balaban J connectivity index is 0.000000325. The number of imidazole rings is 1. The molecule has 192 valence electrons. The minimum Gasteiger partial charge on any atom is -0.347 e. The second-order valence-corrected chi connectivity index (χ2v) is 8.63. The van der Waals surface area contributed by atoms with E-state index in [9.17, 15) is 4.79 Å². The number of allylic oxidation sites excluding steroid dienone is 9. The molecular weight excluding hydrogens is 462 g/mol. The lowest BCUT2D eigenvalue weighted by Gasteiger charge is -2.26. The monoisotopic (exact) mass is 497 g/mol. The Morgan fingerprint density at radius 3 is 2.76 bits per heavy atom. The van der Waals surface area contributed by atoms with Crippen LogP contribution >= 0.6 is 0 Å². The van der Waals surface area contributed by atoms with E-state index in [1.54, 1.807) is 23.3 Å². The number of rotatable bonds is 7. The first kappa shape index (κ1) is 27.3. The van der Waals surface area contributed by atoms with E-state index in [4.69, 9.17) is 5.41 Å². The lowest BCUT2D eigenvalue weighted by atomic mass is 10.0. The van der Waals surface area contributed by atoms with Gasteiger partial charge in [-0.15, -0.1) is 0 Å². The molecule has 0 radical (unpaired) electrons. The molecule has 4 heterocycles. The fourth-order valence-corrected chi connectivity index (χ4v) is 3.89. The van der Waals surface area contributed by atoms with Gasteiger partial charge >= 0.3 is 0 Å². The number of H-pyrrole nitrogens is 1. The molecule has 1 amide bonds. The van der Waals surface area contributed by atoms with E-state index in [1.807, 2.05) is 87.5 Å². The number of hydrogen-bond acceptors (Lipinski definition) is 5. The van der Waals surface area contributed by atoms with Crippen molar-refractivity contribution in [3.8, 4) is 0 Å². The highest BCUT2D eigenvalue weighted by Gasteiger charge is 2.26. The van der Waals surface area contributed by atoms with Crippen LogP contribution in [0.2, 0.25) is 0 Å². The van der Waals surface area contributed by atoms with Crippen LogP contribution in [-0.4, -0.2) is 56.1 Å². The largest absolute Gasteiger partial charge is 0.347 e. The predicted molar refractivity (Wildman–Crippen MR) is 151 cm³/mol. The van der Waals surface area contributed by atoms with Gasteiger partial charge in [0.15, 0.2) is 0 Å². The SMILES string of the molecule is C/C=C(\C=C/C1=C(C(=O)N2CCc3nc[nH]c3C2)C=NC1)c1ccn(C)n1.C\C=C/C=C\C(C)=C\C=N. The zero-order valence-corrected chi connectivity index (χ0v) is 22.0. The first-order chi connectivity index (χ1) is 18.0. The summed E-state index contributed by atoms with van der Waals surface area (Å²) in [6, 6.07) is 1.97. The molecule has 0 unspecified atom stereocenters. The second kappa shape index (κ2) is 13.7. The number of carbonyl (C=O) groups excluding carboxylic acids is 1. The topological polar surface area (TPSA) is 103 Å². The lowest BCUT2D eigenvalue weighted by molar-refractivity contribution is -0.127. The Bertz CT molecular complexity index is 1310. The number of nitrogens with one attached hydrogen (secondary N) is 2. The van der Waals surface area contributed by atoms with E-state index < -0.39 is 0 Å². The number of aromatic amines is 1. The Morgan fingerprint density at radius 1 is 1.22 bits per heavy atom. The molecule has 2 aliphatic rings. The van der Waals surface area contributed by atoms with E-state index in [1.165, 1.54) is 6.21 Å². The third-order valence-electron chi connectivity index (χ3n) is 5.91. The lowest BCUT2D eigenvalue weighted by Crippen LogP contribution is -2.37. The molecular formula is C29H35N7O. The van der Waals surface area contributed by atoms with Crippen molar-refractivity contribution in [3.05, 3.63) is 101 Å². The maximum atomic E-state index is 13.0. The Kier molecular flexibility index (Phi) is 10.1. The van der Waals surface area contributed by atoms with Crippen LogP contribution < -0.4 is 0 Å². The molecule has 0 saturated carbocycles. The van der Waals surface area contributed by atoms with Gasteiger partial charge in [0.25, 0.3) is 5.91 Å². The molecule has 0 fully saturated rings. The van der Waals surface area contributed by atoms with E-state index in [0.29, 0.717) is 25.2 Å². The fourth-order valence-electron chi connectivity index (χ4n) is 3.89. The van der Waals surface area contributed by atoms with E-state index in [-0.39, 0.29) is 5.91 Å². The molecule has 8 heteroatoms. The van der Waals surface area contributed by atoms with Gasteiger partial charge < -0.3 is 15.3 Å². The molecule has 2 aromatic heterocycles. The molecule has 2 aliphatic heterocycles. The van der Waals surface area contributed by atoms with Gasteiger partial charge in [-0.3, -0.25) is 14.5 Å². The van der Waals surface area contributed by atoms with Crippen molar-refractivity contribution in [2.75, 3.05) is 13.1 Å². The fraction of sp³-hybridized carbons (Fsp3) is 0.276. The normalized spacial score (nSPS) is 16.2. The molecule has 8 nitrogen and oxygen atoms in total. The first-order valence-corrected chi connectivity index (χ1v) is 12.3. The van der Waals surface area contributed by atoms with Crippen molar-refractivity contribution >= 4 is 23.9 Å². The number of aliphatic imine (C=N–C) groups is 1. The summed E-state index contributed by atoms with van der Waals surface area (Å²) in [7, 11) is 1.90. The number of aryl methyl sites for hydroxylation is 1. The molecule has 0 aliphatic carbocycles. The smallest absolute Gasteiger partial charge is 0.256 e. The van der Waals surface area contributed by atoms with Crippen LogP contribution in [0, 0.1) is 5.41 Å². The zero-order valence-electron chi connectivity index (χ0n) is 22.0. The summed E-state index contributed by atoms with van der Waals surface area (Å²) < 4.78 is 1.78. The van der Waals surface area contributed by atoms with Gasteiger partial charge in [-0.05, 0) is 49.6 Å². The van der Waals surface area contributed by atoms with Crippen molar-refractivity contribution in [1.29, 1.82) is 5.41 Å². The summed E-state index contributed by atoms with van der Waals surface area (Å²) in [5.41, 5.74) is 6.70. The van der Waals surface area contributed by atoms with E-state index in [2.05, 4.69) is 20.1 Å². The van der Waals surface area contributed by atoms with Crippen LogP contribution in [0.4, 0.5) is 0 Å². The van der Waals surface area contributed by atoms with Gasteiger partial charge in [0.1, 0.15) is 0 Å². The average molecular weight is 498 g/mol. The average Bonchev–Trinajstić information content (AvgIpc) is 3.65. The van der Waals surface area contributed by atoms with Crippen LogP contribution in [0.25, 0.3) is 5.57 Å². The number of aromatic nitrogens is 4. The summed E-state index contributed by atoms with van der Waals surface area (Å²) in [6.45, 7) is 7.69. The van der Waals surface area contributed by atoms with E-state index >= 15 is 0 Å². The second-order valence-electron chi connectivity index (χ2n) is 8.63. The van der Waals surface area contributed by atoms with Gasteiger partial charge in [0.05, 0.1) is 42.1 Å². The van der Waals surface area contributed by atoms with Crippen molar-refractivity contribution in [2.24, 2.45) is 12.0 Å². The third-order valence-corrected chi connectivity index (χ3v) is 5.91. The Hall–Kier alpha value is -4.33. The molecule has 0 atom stereocenters. The number of fused-ring (bicyclic) bond motifs is 1. The van der Waals surface area contributed by atoms with Crippen LogP contribution in [0.15, 0.2) is 88.9 Å². The van der Waals surface area contributed by atoms with Crippen molar-refractivity contribution in [3.63, 3.8) is 0 Å². The van der Waals surface area contributed by atoms with Gasteiger partial charge in [-0.2, -0.15) is 5.10 Å². The summed E-state index contributed by atoms with van der Waals surface area (Å²) in [4.78, 5) is 26.6. The van der Waals surface area contributed by atoms with Gasteiger partial charge in [-0.25, -0.2) is 4.98 Å². The van der Waals surface area contributed by atoms with Gasteiger partial charge in [0.2, 0.25) is 0 Å². The zero-order chi connectivity index (χ0) is 26.6. The molecule has 0 aromatic carbocycles. The predicted octanol–water partition coefficient (Wildman–Crippen LogP) is 4.78. The van der Waals surface area contributed by atoms with Gasteiger partial charge in [0, 0.05) is 38.6 Å². The molecule has 0 spiro atoms. The molecule has 0 saturated heterocycles. The van der Waals surface area contributed by atoms with Crippen LogP contribution in [0.5, 0.6) is 0 Å². The highest BCUT2D eigenvalue weighted by molar-refractivity contribution is 6.14. The molecule has 0 bridgehead atoms. The number of carbonyl (C=O) groups is 1. The summed E-state index contributed by atoms with van der Waals surface area (Å²) in [6.07, 6.45) is 23.0. The third kappa shape index (κ3) is 7.57. The quantitative estimate of drug-likeness (QED) is 0.425. The minimum atomic E-state index is 0.0241. The Labute approximate surface area is 218 Å². The number of nitrogens with zero attached hydrogens (tertiary/aromatic N) is 5. The van der Waals surface area contributed by atoms with Gasteiger partial charge in [-0.1, -0.05) is 42.5 Å². The van der Waals surface area contributed by atoms with Crippen molar-refractivity contribution in [2.45, 2.75) is 33.7 Å². The summed E-state index contributed by atoms with van der Waals surface area (Å²) in [5.74, 6) is 0.0241. The minimum absolute atomic E-state index is 0.0241. The number of hydrogen-bond donors (Lipinski definition) is 2. The van der Waals surface area contributed by atoms with Crippen LogP contribution in [-0.2, 0) is 24.8 Å². The first-order valence-electron chi connectivity index (χ1n) is 12.3. The standard InChI is InChI=1S/C20H22N6O.C9H13N/c1-3-14(17-6-8-25(2)24-17)4-5-15-10-21-11-16(15)20(27)26-9-7-18-19(12-26)23-13-22-18;1-3-4-5-6-9(2)7-8-10/h3-6,8,11,13H,7,9-10,12H2,1-2H3,(H,22,23);3-8,10H,1-2H3/b5-4-,14-3+;4-3-,6-5-,9-7+,10-8?. The highest BCUT2D eigenvalue weighted by Crippen LogP contribution is 2.22. The van der Waals surface area contributed by atoms with Crippen LogP contribution in [0.1, 0.15) is 37.9 Å². The van der Waals surface area contributed by atoms with E-state index in [0.717, 1.165) is 40.2 Å². The number of amides is 1. The van der Waals surface area contributed by atoms with Crippen LogP contribution in [0.3, 0.4) is 0 Å². The molecule has 2 N–H and O–H groups in total. The summed E-state index contributed by atoms with van der Waals surface area (Å²) in [5, 5.41) is 11.2. The maximum absolute atomic E-state index is 13.0. The highest BCUT2D eigenvalue weighted by atomic mass is 16.2. The summed E-state index contributed by atoms with van der Waals surface area (Å²) >= 11 is 0. The van der Waals surface area contributed by atoms with Crippen molar-refractivity contribution < 1.29 is 4.79 Å². The maximum Gasteiger partial charge on any atom is 0.256 e. The molecule has 2 aromatic rings. The Morgan fingerprint density at radius 2 is 2.05 bits per heavy atom. The van der Waals surface area contributed by atoms with Crippen molar-refractivity contribution in [1.82, 2.24) is 24.6 Å².